The molecule has 1 aromatic carbocycles. The Bertz CT molecular complexity index is 533. The zero-order chi connectivity index (χ0) is 15.4. The number of aliphatic imine (C=N–C) groups is 1. The van der Waals surface area contributed by atoms with Gasteiger partial charge in [0.05, 0.1) is 19.2 Å². The third-order valence-electron chi connectivity index (χ3n) is 4.41. The smallest absolute Gasteiger partial charge is 0.292 e. The first-order valence-corrected chi connectivity index (χ1v) is 8.08. The molecule has 0 radical (unpaired) electrons. The first-order valence-electron chi connectivity index (χ1n) is 8.08. The molecule has 3 rings (SSSR count). The van der Waals surface area contributed by atoms with Gasteiger partial charge in [-0.1, -0.05) is 25.3 Å². The second kappa shape index (κ2) is 6.86. The van der Waals surface area contributed by atoms with E-state index in [0.29, 0.717) is 12.6 Å². The van der Waals surface area contributed by atoms with Crippen molar-refractivity contribution in [1.82, 2.24) is 0 Å². The highest BCUT2D eigenvalue weighted by atomic mass is 16.5. The van der Waals surface area contributed by atoms with Crippen molar-refractivity contribution >= 4 is 11.7 Å². The standard InChI is InChI=1S/C18H24N2O2/c1-3-15-13-22-18(19-14-7-5-4-6-8-14)20(15)16-9-11-17(21-2)12-10-16/h3,9-12,14-15H,1,4-8,13H2,2H3. The third kappa shape index (κ3) is 3.11. The highest BCUT2D eigenvalue weighted by Gasteiger charge is 2.31. The SMILES string of the molecule is C=CC1COC(=NC2CCCCC2)N1c1ccc(OC)cc1. The van der Waals surface area contributed by atoms with Gasteiger partial charge < -0.3 is 9.47 Å². The van der Waals surface area contributed by atoms with Crippen LogP contribution in [-0.2, 0) is 4.74 Å². The Balaban J connectivity index is 1.84. The van der Waals surface area contributed by atoms with Gasteiger partial charge in [-0.15, -0.1) is 6.58 Å². The van der Waals surface area contributed by atoms with Crippen molar-refractivity contribution in [3.63, 3.8) is 0 Å². The summed E-state index contributed by atoms with van der Waals surface area (Å²) in [5.74, 6) is 0.852. The minimum atomic E-state index is 0.135. The second-order valence-corrected chi connectivity index (χ2v) is 5.89. The maximum absolute atomic E-state index is 5.86. The number of hydrogen-bond donors (Lipinski definition) is 0. The quantitative estimate of drug-likeness (QED) is 0.794. The first-order chi connectivity index (χ1) is 10.8. The number of ether oxygens (including phenoxy) is 2. The summed E-state index contributed by atoms with van der Waals surface area (Å²) in [4.78, 5) is 7.01. The molecule has 1 saturated carbocycles. The van der Waals surface area contributed by atoms with E-state index in [-0.39, 0.29) is 6.04 Å². The molecule has 1 aliphatic heterocycles. The van der Waals surface area contributed by atoms with Crippen LogP contribution in [0.2, 0.25) is 0 Å². The van der Waals surface area contributed by atoms with Crippen LogP contribution < -0.4 is 9.64 Å². The van der Waals surface area contributed by atoms with Crippen LogP contribution in [0.1, 0.15) is 32.1 Å². The molecule has 1 aliphatic carbocycles. The van der Waals surface area contributed by atoms with Crippen molar-refractivity contribution in [2.45, 2.75) is 44.2 Å². The minimum Gasteiger partial charge on any atom is -0.497 e. The molecule has 22 heavy (non-hydrogen) atoms. The average Bonchev–Trinajstić information content (AvgIpc) is 2.98. The van der Waals surface area contributed by atoms with Gasteiger partial charge in [0, 0.05) is 5.69 Å². The van der Waals surface area contributed by atoms with Gasteiger partial charge in [0.25, 0.3) is 6.02 Å². The molecule has 4 nitrogen and oxygen atoms in total. The lowest BCUT2D eigenvalue weighted by atomic mass is 9.96. The van der Waals surface area contributed by atoms with Crippen molar-refractivity contribution in [2.75, 3.05) is 18.6 Å². The average molecular weight is 300 g/mol. The van der Waals surface area contributed by atoms with Gasteiger partial charge in [-0.25, -0.2) is 4.99 Å². The van der Waals surface area contributed by atoms with Crippen LogP contribution in [0.4, 0.5) is 5.69 Å². The molecule has 2 aliphatic rings. The second-order valence-electron chi connectivity index (χ2n) is 5.89. The van der Waals surface area contributed by atoms with Gasteiger partial charge in [-0.2, -0.15) is 0 Å². The Morgan fingerprint density at radius 3 is 2.59 bits per heavy atom. The molecule has 1 unspecified atom stereocenters. The van der Waals surface area contributed by atoms with Crippen LogP contribution in [0.15, 0.2) is 41.9 Å². The minimum absolute atomic E-state index is 0.135. The summed E-state index contributed by atoms with van der Waals surface area (Å²) < 4.78 is 11.1. The van der Waals surface area contributed by atoms with Crippen LogP contribution in [0, 0.1) is 0 Å². The number of benzene rings is 1. The first kappa shape index (κ1) is 14.9. The van der Waals surface area contributed by atoms with Gasteiger partial charge in [-0.05, 0) is 37.1 Å². The van der Waals surface area contributed by atoms with E-state index in [1.807, 2.05) is 30.3 Å². The number of anilines is 1. The lowest BCUT2D eigenvalue weighted by Crippen LogP contribution is -2.33. The van der Waals surface area contributed by atoms with Crippen molar-refractivity contribution in [3.8, 4) is 5.75 Å². The van der Waals surface area contributed by atoms with Crippen LogP contribution in [0.3, 0.4) is 0 Å². The fourth-order valence-electron chi connectivity index (χ4n) is 3.13. The van der Waals surface area contributed by atoms with Crippen LogP contribution in [-0.4, -0.2) is 31.8 Å². The highest BCUT2D eigenvalue weighted by molar-refractivity contribution is 5.94. The maximum Gasteiger partial charge on any atom is 0.292 e. The van der Waals surface area contributed by atoms with E-state index in [1.165, 1.54) is 32.1 Å². The monoisotopic (exact) mass is 300 g/mol. The fourth-order valence-corrected chi connectivity index (χ4v) is 3.13. The van der Waals surface area contributed by atoms with Gasteiger partial charge in [0.2, 0.25) is 0 Å². The van der Waals surface area contributed by atoms with E-state index >= 15 is 0 Å². The molecule has 118 valence electrons. The zero-order valence-electron chi connectivity index (χ0n) is 13.2. The Kier molecular flexibility index (Phi) is 4.66. The molecular formula is C18H24N2O2. The lowest BCUT2D eigenvalue weighted by Gasteiger charge is -2.24. The Morgan fingerprint density at radius 2 is 1.95 bits per heavy atom. The van der Waals surface area contributed by atoms with Crippen molar-refractivity contribution in [1.29, 1.82) is 0 Å². The van der Waals surface area contributed by atoms with Crippen LogP contribution in [0.5, 0.6) is 5.75 Å². The predicted octanol–water partition coefficient (Wildman–Crippen LogP) is 3.78. The lowest BCUT2D eigenvalue weighted by molar-refractivity contribution is 0.331. The fraction of sp³-hybridized carbons (Fsp3) is 0.500. The van der Waals surface area contributed by atoms with E-state index in [9.17, 15) is 0 Å². The summed E-state index contributed by atoms with van der Waals surface area (Å²) in [5.41, 5.74) is 1.07. The summed E-state index contributed by atoms with van der Waals surface area (Å²) in [6.07, 6.45) is 8.14. The van der Waals surface area contributed by atoms with Gasteiger partial charge in [0.1, 0.15) is 12.4 Å². The van der Waals surface area contributed by atoms with Crippen LogP contribution >= 0.6 is 0 Å². The third-order valence-corrected chi connectivity index (χ3v) is 4.41. The molecule has 2 fully saturated rings. The molecule has 4 heteroatoms. The molecule has 1 atom stereocenters. The van der Waals surface area contributed by atoms with E-state index in [4.69, 9.17) is 14.5 Å². The highest BCUT2D eigenvalue weighted by Crippen LogP contribution is 2.28. The molecule has 0 aromatic heterocycles. The van der Waals surface area contributed by atoms with Crippen molar-refractivity contribution < 1.29 is 9.47 Å². The Labute approximate surface area is 132 Å². The molecular weight excluding hydrogens is 276 g/mol. The zero-order valence-corrected chi connectivity index (χ0v) is 13.2. The Morgan fingerprint density at radius 1 is 1.23 bits per heavy atom. The molecule has 1 aromatic rings. The molecule has 0 amide bonds. The van der Waals surface area contributed by atoms with Crippen molar-refractivity contribution in [3.05, 3.63) is 36.9 Å². The maximum atomic E-state index is 5.86. The summed E-state index contributed by atoms with van der Waals surface area (Å²) in [6.45, 7) is 4.54. The normalized spacial score (nSPS) is 24.3. The van der Waals surface area contributed by atoms with E-state index in [1.54, 1.807) is 7.11 Å². The number of methoxy groups -OCH3 is 1. The molecule has 1 saturated heterocycles. The predicted molar refractivity (Wildman–Crippen MR) is 89.7 cm³/mol. The van der Waals surface area contributed by atoms with Crippen molar-refractivity contribution in [2.24, 2.45) is 4.99 Å². The molecule has 1 heterocycles. The summed E-state index contributed by atoms with van der Waals surface area (Å²) in [6, 6.07) is 9.28. The van der Waals surface area contributed by atoms with E-state index < -0.39 is 0 Å². The van der Waals surface area contributed by atoms with Gasteiger partial charge in [0.15, 0.2) is 0 Å². The molecule has 0 spiro atoms. The van der Waals surface area contributed by atoms with E-state index in [2.05, 4.69) is 11.5 Å². The van der Waals surface area contributed by atoms with E-state index in [0.717, 1.165) is 17.5 Å². The van der Waals surface area contributed by atoms with Gasteiger partial charge >= 0.3 is 0 Å². The number of hydrogen-bond acceptors (Lipinski definition) is 3. The molecule has 0 bridgehead atoms. The number of rotatable bonds is 4. The number of nitrogens with zero attached hydrogens (tertiary/aromatic N) is 2. The summed E-state index contributed by atoms with van der Waals surface area (Å²) >= 11 is 0. The van der Waals surface area contributed by atoms with Gasteiger partial charge in [-0.3, -0.25) is 4.90 Å². The Hall–Kier alpha value is -1.97. The summed E-state index contributed by atoms with van der Waals surface area (Å²) in [7, 11) is 1.68. The number of amidine groups is 1. The topological polar surface area (TPSA) is 34.1 Å². The largest absolute Gasteiger partial charge is 0.497 e. The van der Waals surface area contributed by atoms with Crippen LogP contribution in [0.25, 0.3) is 0 Å². The molecule has 0 N–H and O–H groups in total. The summed E-state index contributed by atoms with van der Waals surface area (Å²) in [5, 5.41) is 0.